The molecule has 0 saturated heterocycles. The maximum absolute atomic E-state index is 11.4. The summed E-state index contributed by atoms with van der Waals surface area (Å²) in [5.41, 5.74) is 0.703. The van der Waals surface area contributed by atoms with E-state index < -0.39 is 5.60 Å². The van der Waals surface area contributed by atoms with Gasteiger partial charge in [-0.2, -0.15) is 0 Å². The van der Waals surface area contributed by atoms with Gasteiger partial charge in [-0.1, -0.05) is 45.9 Å². The van der Waals surface area contributed by atoms with Crippen molar-refractivity contribution >= 4 is 5.97 Å². The van der Waals surface area contributed by atoms with E-state index in [1.807, 2.05) is 6.92 Å². The van der Waals surface area contributed by atoms with Gasteiger partial charge in [0.05, 0.1) is 6.10 Å². The van der Waals surface area contributed by atoms with Gasteiger partial charge in [0.2, 0.25) is 0 Å². The molecule has 0 amide bonds. The van der Waals surface area contributed by atoms with E-state index in [-0.39, 0.29) is 28.8 Å². The summed E-state index contributed by atoms with van der Waals surface area (Å²) in [6.45, 7) is 18.5. The summed E-state index contributed by atoms with van der Waals surface area (Å²) in [7, 11) is 0. The molecule has 0 bridgehead atoms. The Morgan fingerprint density at radius 2 is 2.04 bits per heavy atom. The quantitative estimate of drug-likeness (QED) is 0.559. The van der Waals surface area contributed by atoms with Crippen molar-refractivity contribution in [2.45, 2.75) is 84.8 Å². The summed E-state index contributed by atoms with van der Waals surface area (Å²) < 4.78 is 5.51. The molecule has 2 aliphatic carbocycles. The molecule has 2 saturated carbocycles. The zero-order chi connectivity index (χ0) is 19.0. The Labute approximate surface area is 153 Å². The molecule has 0 radical (unpaired) electrons. The van der Waals surface area contributed by atoms with Crippen LogP contribution in [0.1, 0.15) is 73.1 Å². The smallest absolute Gasteiger partial charge is 0.303 e. The predicted octanol–water partition coefficient (Wildman–Crippen LogP) is 5.04. The average Bonchev–Trinajstić information content (AvgIpc) is 2.44. The number of carbonyl (C=O) groups excluding carboxylic acids is 1. The lowest BCUT2D eigenvalue weighted by Gasteiger charge is -2.59. The van der Waals surface area contributed by atoms with Crippen LogP contribution in [0.15, 0.2) is 24.8 Å². The number of fused-ring (bicyclic) bond motifs is 1. The number of aliphatic hydroxyl groups excluding tert-OH is 1. The topological polar surface area (TPSA) is 46.5 Å². The van der Waals surface area contributed by atoms with Gasteiger partial charge in [-0.15, -0.1) is 0 Å². The molecule has 3 nitrogen and oxygen atoms in total. The lowest BCUT2D eigenvalue weighted by molar-refractivity contribution is -0.152. The number of ether oxygens (including phenoxy) is 1. The van der Waals surface area contributed by atoms with Crippen LogP contribution < -0.4 is 0 Å². The Kier molecular flexibility index (Phi) is 5.59. The van der Waals surface area contributed by atoms with E-state index in [0.29, 0.717) is 12.3 Å². The van der Waals surface area contributed by atoms with Crippen LogP contribution in [0.4, 0.5) is 0 Å². The zero-order valence-electron chi connectivity index (χ0n) is 16.7. The Balaban J connectivity index is 2.25. The molecule has 0 spiro atoms. The second-order valence-corrected chi connectivity index (χ2v) is 9.46. The molecule has 0 aliphatic heterocycles. The highest BCUT2D eigenvalue weighted by Crippen LogP contribution is 2.61. The second-order valence-electron chi connectivity index (χ2n) is 9.46. The Hall–Kier alpha value is -1.09. The summed E-state index contributed by atoms with van der Waals surface area (Å²) in [5, 5.41) is 10.8. The first kappa shape index (κ1) is 20.2. The molecule has 0 aromatic heterocycles. The van der Waals surface area contributed by atoms with E-state index in [1.165, 1.54) is 19.8 Å². The first-order valence-electron chi connectivity index (χ1n) is 9.64. The normalized spacial score (nSPS) is 36.9. The molecule has 0 unspecified atom stereocenters. The van der Waals surface area contributed by atoms with Crippen molar-refractivity contribution in [3.8, 4) is 0 Å². The van der Waals surface area contributed by atoms with Crippen LogP contribution in [0.2, 0.25) is 0 Å². The highest BCUT2D eigenvalue weighted by Gasteiger charge is 2.56. The monoisotopic (exact) mass is 348 g/mol. The summed E-state index contributed by atoms with van der Waals surface area (Å²) in [4.78, 5) is 11.4. The summed E-state index contributed by atoms with van der Waals surface area (Å²) in [6, 6.07) is 0. The molecule has 0 heterocycles. The molecule has 2 fully saturated rings. The fourth-order valence-electron chi connectivity index (χ4n) is 5.96. The first-order valence-corrected chi connectivity index (χ1v) is 9.64. The SMILES string of the molecule is C=C[C@](C)(CC[C@H]1C(=C)C[C@H](O)[C@H]2C(C)(C)CCC[C@]12C)OC(C)=O. The lowest BCUT2D eigenvalue weighted by Crippen LogP contribution is -2.55. The van der Waals surface area contributed by atoms with Crippen LogP contribution in [0.25, 0.3) is 0 Å². The molecule has 0 aromatic carbocycles. The Morgan fingerprint density at radius 3 is 2.60 bits per heavy atom. The van der Waals surface area contributed by atoms with Crippen LogP contribution >= 0.6 is 0 Å². The van der Waals surface area contributed by atoms with E-state index in [0.717, 1.165) is 24.8 Å². The highest BCUT2D eigenvalue weighted by molar-refractivity contribution is 5.66. The van der Waals surface area contributed by atoms with Crippen LogP contribution in [0, 0.1) is 22.7 Å². The van der Waals surface area contributed by atoms with Gasteiger partial charge in [-0.05, 0) is 67.8 Å². The molecule has 1 N–H and O–H groups in total. The number of carbonyl (C=O) groups is 1. The van der Waals surface area contributed by atoms with Crippen molar-refractivity contribution in [1.29, 1.82) is 0 Å². The van der Waals surface area contributed by atoms with Gasteiger partial charge in [0.25, 0.3) is 0 Å². The average molecular weight is 349 g/mol. The van der Waals surface area contributed by atoms with E-state index in [2.05, 4.69) is 33.9 Å². The maximum Gasteiger partial charge on any atom is 0.303 e. The van der Waals surface area contributed by atoms with Crippen molar-refractivity contribution < 1.29 is 14.6 Å². The van der Waals surface area contributed by atoms with E-state index in [4.69, 9.17) is 4.74 Å². The van der Waals surface area contributed by atoms with Crippen LogP contribution in [-0.4, -0.2) is 22.8 Å². The molecule has 2 aliphatic rings. The summed E-state index contributed by atoms with van der Waals surface area (Å²) in [6.07, 6.45) is 7.25. The van der Waals surface area contributed by atoms with Crippen LogP contribution in [-0.2, 0) is 9.53 Å². The molecule has 3 heteroatoms. The molecule has 142 valence electrons. The fraction of sp³-hybridized carbons (Fsp3) is 0.773. The van der Waals surface area contributed by atoms with Crippen molar-refractivity contribution in [1.82, 2.24) is 0 Å². The van der Waals surface area contributed by atoms with Gasteiger partial charge in [0.1, 0.15) is 5.60 Å². The minimum atomic E-state index is -0.641. The standard InChI is InChI=1S/C22H36O3/c1-8-21(6,25-16(3)23)13-10-17-15(2)14-18(24)19-20(4,5)11-9-12-22(17,19)7/h8,17-19,24H,1-2,9-14H2,3-7H3/t17-,18-,19-,21+,22+/m0/s1. The highest BCUT2D eigenvalue weighted by atomic mass is 16.6. The third-order valence-electron chi connectivity index (χ3n) is 6.97. The summed E-state index contributed by atoms with van der Waals surface area (Å²) >= 11 is 0. The maximum atomic E-state index is 11.4. The van der Waals surface area contributed by atoms with Crippen LogP contribution in [0.3, 0.4) is 0 Å². The largest absolute Gasteiger partial charge is 0.455 e. The molecular weight excluding hydrogens is 312 g/mol. The van der Waals surface area contributed by atoms with Crippen molar-refractivity contribution in [3.63, 3.8) is 0 Å². The molecule has 5 atom stereocenters. The van der Waals surface area contributed by atoms with Gasteiger partial charge < -0.3 is 9.84 Å². The van der Waals surface area contributed by atoms with E-state index in [1.54, 1.807) is 6.08 Å². The number of rotatable bonds is 5. The van der Waals surface area contributed by atoms with Gasteiger partial charge in [-0.25, -0.2) is 0 Å². The minimum absolute atomic E-state index is 0.0504. The molecule has 0 aromatic rings. The number of aliphatic hydroxyl groups is 1. The Bertz CT molecular complexity index is 549. The van der Waals surface area contributed by atoms with E-state index >= 15 is 0 Å². The molecule has 25 heavy (non-hydrogen) atoms. The number of hydrogen-bond donors (Lipinski definition) is 1. The second kappa shape index (κ2) is 6.90. The molecular formula is C22H36O3. The minimum Gasteiger partial charge on any atom is -0.455 e. The third kappa shape index (κ3) is 3.86. The number of hydrogen-bond acceptors (Lipinski definition) is 3. The van der Waals surface area contributed by atoms with Gasteiger partial charge in [-0.3, -0.25) is 4.79 Å². The van der Waals surface area contributed by atoms with Crippen molar-refractivity contribution in [2.24, 2.45) is 22.7 Å². The predicted molar refractivity (Wildman–Crippen MR) is 102 cm³/mol. The fourth-order valence-corrected chi connectivity index (χ4v) is 5.96. The molecule has 2 rings (SSSR count). The first-order chi connectivity index (χ1) is 11.4. The van der Waals surface area contributed by atoms with Crippen molar-refractivity contribution in [2.75, 3.05) is 0 Å². The van der Waals surface area contributed by atoms with Gasteiger partial charge in [0, 0.05) is 6.92 Å². The third-order valence-corrected chi connectivity index (χ3v) is 6.97. The van der Waals surface area contributed by atoms with Crippen LogP contribution in [0.5, 0.6) is 0 Å². The van der Waals surface area contributed by atoms with Gasteiger partial charge >= 0.3 is 5.97 Å². The van der Waals surface area contributed by atoms with Gasteiger partial charge in [0.15, 0.2) is 0 Å². The zero-order valence-corrected chi connectivity index (χ0v) is 16.7. The van der Waals surface area contributed by atoms with Crippen molar-refractivity contribution in [3.05, 3.63) is 24.8 Å². The summed E-state index contributed by atoms with van der Waals surface area (Å²) in [5.74, 6) is 0.353. The lowest BCUT2D eigenvalue weighted by atomic mass is 9.46. The van der Waals surface area contributed by atoms with E-state index in [9.17, 15) is 9.90 Å². The number of esters is 1. The Morgan fingerprint density at radius 1 is 1.40 bits per heavy atom.